The van der Waals surface area contributed by atoms with Crippen LogP contribution in [-0.2, 0) is 0 Å². The van der Waals surface area contributed by atoms with Crippen LogP contribution in [0, 0.1) is 0 Å². The number of hydrogen-bond acceptors (Lipinski definition) is 3. The zero-order valence-corrected chi connectivity index (χ0v) is 11.4. The summed E-state index contributed by atoms with van der Waals surface area (Å²) in [4.78, 5) is 15.8. The smallest absolute Gasteiger partial charge is 0.317 e. The van der Waals surface area contributed by atoms with Crippen LogP contribution in [-0.4, -0.2) is 65.3 Å². The summed E-state index contributed by atoms with van der Waals surface area (Å²) in [5.41, 5.74) is -0.664. The van der Waals surface area contributed by atoms with Crippen molar-refractivity contribution in [2.45, 2.75) is 39.3 Å². The van der Waals surface area contributed by atoms with Crippen LogP contribution in [0.25, 0.3) is 0 Å². The molecular weight excluding hydrogens is 218 g/mol. The highest BCUT2D eigenvalue weighted by atomic mass is 16.3. The Morgan fingerprint density at radius 3 is 2.24 bits per heavy atom. The number of nitrogens with zero attached hydrogens (tertiary/aromatic N) is 2. The highest BCUT2D eigenvalue weighted by Crippen LogP contribution is 2.08. The number of nitrogens with one attached hydrogen (secondary N) is 1. The Kier molecular flexibility index (Phi) is 4.77. The molecule has 1 heterocycles. The maximum Gasteiger partial charge on any atom is 0.317 e. The van der Waals surface area contributed by atoms with Crippen LogP contribution in [0.2, 0.25) is 0 Å². The maximum absolute atomic E-state index is 11.7. The first-order chi connectivity index (χ1) is 7.78. The normalized spacial score (nSPS) is 18.6. The van der Waals surface area contributed by atoms with Crippen molar-refractivity contribution in [1.29, 1.82) is 0 Å². The van der Waals surface area contributed by atoms with Crippen molar-refractivity contribution in [1.82, 2.24) is 15.1 Å². The SMILES string of the molecule is CC(C)NC(=O)N1CCN(CC(C)(C)O)CC1. The third-order valence-electron chi connectivity index (χ3n) is 2.68. The number of β-amino-alcohol motifs (C(OH)–C–C–N with tert-alkyl or cyclic N) is 1. The molecular formula is C12H25N3O2. The number of amides is 2. The molecule has 1 fully saturated rings. The Hall–Kier alpha value is -0.810. The lowest BCUT2D eigenvalue weighted by Crippen LogP contribution is -2.54. The van der Waals surface area contributed by atoms with Crippen LogP contribution in [0.15, 0.2) is 0 Å². The molecule has 2 N–H and O–H groups in total. The summed E-state index contributed by atoms with van der Waals surface area (Å²) < 4.78 is 0. The fourth-order valence-corrected chi connectivity index (χ4v) is 1.99. The predicted octanol–water partition coefficient (Wildman–Crippen LogP) is 0.493. The molecule has 0 saturated carbocycles. The highest BCUT2D eigenvalue weighted by Gasteiger charge is 2.24. The van der Waals surface area contributed by atoms with E-state index in [-0.39, 0.29) is 12.1 Å². The number of carbonyl (C=O) groups excluding carboxylic acids is 1. The Labute approximate surface area is 104 Å². The van der Waals surface area contributed by atoms with Crippen molar-refractivity contribution in [3.8, 4) is 0 Å². The molecule has 100 valence electrons. The van der Waals surface area contributed by atoms with E-state index >= 15 is 0 Å². The molecule has 17 heavy (non-hydrogen) atoms. The van der Waals surface area contributed by atoms with E-state index in [0.717, 1.165) is 26.2 Å². The second kappa shape index (κ2) is 5.69. The molecule has 0 bridgehead atoms. The number of rotatable bonds is 3. The molecule has 0 aliphatic carbocycles. The van der Waals surface area contributed by atoms with Gasteiger partial charge in [0.25, 0.3) is 0 Å². The average Bonchev–Trinajstić information content (AvgIpc) is 2.15. The Morgan fingerprint density at radius 2 is 1.82 bits per heavy atom. The molecule has 0 atom stereocenters. The summed E-state index contributed by atoms with van der Waals surface area (Å²) in [6, 6.07) is 0.194. The first-order valence-electron chi connectivity index (χ1n) is 6.28. The van der Waals surface area contributed by atoms with Crippen LogP contribution in [0.1, 0.15) is 27.7 Å². The van der Waals surface area contributed by atoms with Gasteiger partial charge < -0.3 is 15.3 Å². The quantitative estimate of drug-likeness (QED) is 0.758. The molecule has 1 aliphatic heterocycles. The van der Waals surface area contributed by atoms with Gasteiger partial charge in [0.1, 0.15) is 0 Å². The number of aliphatic hydroxyl groups is 1. The van der Waals surface area contributed by atoms with Gasteiger partial charge in [0, 0.05) is 38.8 Å². The van der Waals surface area contributed by atoms with E-state index in [2.05, 4.69) is 10.2 Å². The monoisotopic (exact) mass is 243 g/mol. The Bertz CT molecular complexity index is 253. The third-order valence-corrected chi connectivity index (χ3v) is 2.68. The van der Waals surface area contributed by atoms with Gasteiger partial charge in [-0.25, -0.2) is 4.79 Å². The summed E-state index contributed by atoms with van der Waals surface area (Å²) in [6.45, 7) is 11.3. The first kappa shape index (κ1) is 14.3. The predicted molar refractivity (Wildman–Crippen MR) is 68.0 cm³/mol. The van der Waals surface area contributed by atoms with Crippen molar-refractivity contribution in [2.75, 3.05) is 32.7 Å². The largest absolute Gasteiger partial charge is 0.389 e. The number of urea groups is 1. The van der Waals surface area contributed by atoms with Gasteiger partial charge in [0.05, 0.1) is 5.60 Å². The van der Waals surface area contributed by atoms with E-state index in [1.807, 2.05) is 32.6 Å². The van der Waals surface area contributed by atoms with Gasteiger partial charge >= 0.3 is 6.03 Å². The summed E-state index contributed by atoms with van der Waals surface area (Å²) in [7, 11) is 0. The summed E-state index contributed by atoms with van der Waals surface area (Å²) >= 11 is 0. The lowest BCUT2D eigenvalue weighted by molar-refractivity contribution is 0.0224. The van der Waals surface area contributed by atoms with Gasteiger partial charge in [-0.15, -0.1) is 0 Å². The molecule has 2 amide bonds. The van der Waals surface area contributed by atoms with Crippen molar-refractivity contribution in [3.05, 3.63) is 0 Å². The van der Waals surface area contributed by atoms with E-state index in [0.29, 0.717) is 6.54 Å². The molecule has 0 aromatic carbocycles. The minimum atomic E-state index is -0.664. The highest BCUT2D eigenvalue weighted by molar-refractivity contribution is 5.74. The standard InChI is InChI=1S/C12H25N3O2/c1-10(2)13-11(16)15-7-5-14(6-8-15)9-12(3,4)17/h10,17H,5-9H2,1-4H3,(H,13,16). The zero-order valence-electron chi connectivity index (χ0n) is 11.4. The average molecular weight is 243 g/mol. The van der Waals surface area contributed by atoms with E-state index in [1.165, 1.54) is 0 Å². The van der Waals surface area contributed by atoms with E-state index in [4.69, 9.17) is 0 Å². The summed E-state index contributed by atoms with van der Waals surface area (Å²) in [5, 5.41) is 12.6. The second-order valence-corrected chi connectivity index (χ2v) is 5.68. The fraction of sp³-hybridized carbons (Fsp3) is 0.917. The van der Waals surface area contributed by atoms with Crippen molar-refractivity contribution < 1.29 is 9.90 Å². The van der Waals surface area contributed by atoms with Crippen LogP contribution in [0.3, 0.4) is 0 Å². The zero-order chi connectivity index (χ0) is 13.1. The first-order valence-corrected chi connectivity index (χ1v) is 6.28. The molecule has 5 nitrogen and oxygen atoms in total. The minimum Gasteiger partial charge on any atom is -0.389 e. The van der Waals surface area contributed by atoms with Crippen LogP contribution in [0.4, 0.5) is 4.79 Å². The number of piperazine rings is 1. The Balaban J connectivity index is 2.33. The van der Waals surface area contributed by atoms with Crippen LogP contribution >= 0.6 is 0 Å². The summed E-state index contributed by atoms with van der Waals surface area (Å²) in [6.07, 6.45) is 0. The third kappa shape index (κ3) is 5.37. The van der Waals surface area contributed by atoms with Crippen LogP contribution < -0.4 is 5.32 Å². The van der Waals surface area contributed by atoms with Gasteiger partial charge in [0.15, 0.2) is 0 Å². The molecule has 0 aromatic rings. The molecule has 5 heteroatoms. The molecule has 0 spiro atoms. The minimum absolute atomic E-state index is 0.0166. The van der Waals surface area contributed by atoms with Crippen molar-refractivity contribution in [3.63, 3.8) is 0 Å². The van der Waals surface area contributed by atoms with Gasteiger partial charge in [-0.1, -0.05) is 0 Å². The molecule has 1 aliphatic rings. The molecule has 1 saturated heterocycles. The van der Waals surface area contributed by atoms with Crippen molar-refractivity contribution in [2.24, 2.45) is 0 Å². The van der Waals surface area contributed by atoms with E-state index in [9.17, 15) is 9.90 Å². The fourth-order valence-electron chi connectivity index (χ4n) is 1.99. The van der Waals surface area contributed by atoms with E-state index < -0.39 is 5.60 Å². The second-order valence-electron chi connectivity index (χ2n) is 5.68. The lowest BCUT2D eigenvalue weighted by atomic mass is 10.1. The summed E-state index contributed by atoms with van der Waals surface area (Å²) in [5.74, 6) is 0. The van der Waals surface area contributed by atoms with Crippen molar-refractivity contribution >= 4 is 6.03 Å². The number of hydrogen-bond donors (Lipinski definition) is 2. The number of carbonyl (C=O) groups is 1. The van der Waals surface area contributed by atoms with Gasteiger partial charge in [-0.05, 0) is 27.7 Å². The molecule has 1 rings (SSSR count). The van der Waals surface area contributed by atoms with Crippen LogP contribution in [0.5, 0.6) is 0 Å². The Morgan fingerprint density at radius 1 is 1.29 bits per heavy atom. The van der Waals surface area contributed by atoms with Gasteiger partial charge in [-0.3, -0.25) is 4.90 Å². The lowest BCUT2D eigenvalue weighted by Gasteiger charge is -2.37. The molecule has 0 radical (unpaired) electrons. The topological polar surface area (TPSA) is 55.8 Å². The molecule has 0 unspecified atom stereocenters. The van der Waals surface area contributed by atoms with Gasteiger partial charge in [-0.2, -0.15) is 0 Å². The molecule has 0 aromatic heterocycles. The van der Waals surface area contributed by atoms with Gasteiger partial charge in [0.2, 0.25) is 0 Å². The van der Waals surface area contributed by atoms with E-state index in [1.54, 1.807) is 0 Å². The maximum atomic E-state index is 11.7.